The van der Waals surface area contributed by atoms with Crippen molar-refractivity contribution in [3.05, 3.63) is 29.3 Å². The standard InChI is InChI=1S/C17H26N2O/c1-17(6-8-19(2)9-7-17)13-18-12-14-3-4-16-15(11-14)5-10-20-16/h3-4,11,18H,5-10,12-13H2,1-2H3. The van der Waals surface area contributed by atoms with Gasteiger partial charge in [0.1, 0.15) is 5.75 Å². The largest absolute Gasteiger partial charge is 0.493 e. The van der Waals surface area contributed by atoms with E-state index in [9.17, 15) is 0 Å². The van der Waals surface area contributed by atoms with Gasteiger partial charge in [-0.1, -0.05) is 19.1 Å². The van der Waals surface area contributed by atoms with Gasteiger partial charge in [-0.25, -0.2) is 0 Å². The van der Waals surface area contributed by atoms with E-state index in [1.165, 1.54) is 37.1 Å². The van der Waals surface area contributed by atoms with Crippen LogP contribution in [0.4, 0.5) is 0 Å². The summed E-state index contributed by atoms with van der Waals surface area (Å²) in [6.45, 7) is 7.82. The van der Waals surface area contributed by atoms with E-state index in [0.29, 0.717) is 5.41 Å². The highest BCUT2D eigenvalue weighted by atomic mass is 16.5. The average Bonchev–Trinajstić information content (AvgIpc) is 2.90. The molecule has 2 aliphatic rings. The second kappa shape index (κ2) is 5.74. The second-order valence-corrected chi connectivity index (χ2v) is 6.76. The van der Waals surface area contributed by atoms with Crippen LogP contribution < -0.4 is 10.1 Å². The van der Waals surface area contributed by atoms with Crippen molar-refractivity contribution in [2.24, 2.45) is 5.41 Å². The van der Waals surface area contributed by atoms with Crippen LogP contribution >= 0.6 is 0 Å². The number of hydrogen-bond acceptors (Lipinski definition) is 3. The highest BCUT2D eigenvalue weighted by Crippen LogP contribution is 2.30. The van der Waals surface area contributed by atoms with Crippen LogP contribution in [0.5, 0.6) is 5.75 Å². The summed E-state index contributed by atoms with van der Waals surface area (Å²) in [4.78, 5) is 2.43. The molecule has 0 amide bonds. The fraction of sp³-hybridized carbons (Fsp3) is 0.647. The topological polar surface area (TPSA) is 24.5 Å². The van der Waals surface area contributed by atoms with Crippen molar-refractivity contribution in [3.63, 3.8) is 0 Å². The minimum absolute atomic E-state index is 0.465. The first-order valence-corrected chi connectivity index (χ1v) is 7.79. The predicted octanol–water partition coefficient (Wildman–Crippen LogP) is 2.44. The Hall–Kier alpha value is -1.06. The second-order valence-electron chi connectivity index (χ2n) is 6.76. The van der Waals surface area contributed by atoms with Crippen LogP contribution in [0.3, 0.4) is 0 Å². The molecule has 0 radical (unpaired) electrons. The highest BCUT2D eigenvalue weighted by Gasteiger charge is 2.28. The molecule has 0 atom stereocenters. The van der Waals surface area contributed by atoms with Crippen molar-refractivity contribution in [3.8, 4) is 5.75 Å². The summed E-state index contributed by atoms with van der Waals surface area (Å²) >= 11 is 0. The zero-order valence-electron chi connectivity index (χ0n) is 12.7. The smallest absolute Gasteiger partial charge is 0.122 e. The van der Waals surface area contributed by atoms with Crippen LogP contribution in [0.2, 0.25) is 0 Å². The molecule has 3 heteroatoms. The minimum Gasteiger partial charge on any atom is -0.493 e. The summed E-state index contributed by atoms with van der Waals surface area (Å²) in [6, 6.07) is 6.61. The maximum atomic E-state index is 5.55. The molecule has 1 saturated heterocycles. The van der Waals surface area contributed by atoms with Gasteiger partial charge in [0.25, 0.3) is 0 Å². The normalized spacial score (nSPS) is 21.5. The van der Waals surface area contributed by atoms with Crippen LogP contribution in [-0.4, -0.2) is 38.2 Å². The van der Waals surface area contributed by atoms with E-state index in [0.717, 1.165) is 31.9 Å². The first kappa shape index (κ1) is 13.9. The number of hydrogen-bond donors (Lipinski definition) is 1. The molecule has 0 spiro atoms. The van der Waals surface area contributed by atoms with Gasteiger partial charge in [0.05, 0.1) is 6.61 Å². The summed E-state index contributed by atoms with van der Waals surface area (Å²) in [5.41, 5.74) is 3.22. The fourth-order valence-electron chi connectivity index (χ4n) is 3.19. The number of rotatable bonds is 4. The van der Waals surface area contributed by atoms with Gasteiger partial charge in [0.2, 0.25) is 0 Å². The van der Waals surface area contributed by atoms with Gasteiger partial charge in [-0.15, -0.1) is 0 Å². The Balaban J connectivity index is 1.50. The quantitative estimate of drug-likeness (QED) is 0.912. The van der Waals surface area contributed by atoms with E-state index in [2.05, 4.69) is 42.4 Å². The van der Waals surface area contributed by atoms with E-state index in [4.69, 9.17) is 4.74 Å². The molecule has 1 N–H and O–H groups in total. The van der Waals surface area contributed by atoms with Gasteiger partial charge in [-0.05, 0) is 55.6 Å². The Morgan fingerprint density at radius 3 is 2.90 bits per heavy atom. The molecular formula is C17H26N2O. The first-order chi connectivity index (χ1) is 9.65. The molecule has 0 saturated carbocycles. The van der Waals surface area contributed by atoms with Crippen molar-refractivity contribution in [2.45, 2.75) is 32.7 Å². The van der Waals surface area contributed by atoms with E-state index in [1.54, 1.807) is 0 Å². The number of nitrogens with zero attached hydrogens (tertiary/aromatic N) is 1. The minimum atomic E-state index is 0.465. The molecular weight excluding hydrogens is 248 g/mol. The predicted molar refractivity (Wildman–Crippen MR) is 82.2 cm³/mol. The molecule has 2 heterocycles. The van der Waals surface area contributed by atoms with Crippen LogP contribution in [0.15, 0.2) is 18.2 Å². The van der Waals surface area contributed by atoms with Crippen molar-refractivity contribution in [1.29, 1.82) is 0 Å². The van der Waals surface area contributed by atoms with Crippen molar-refractivity contribution < 1.29 is 4.74 Å². The van der Waals surface area contributed by atoms with Crippen molar-refractivity contribution >= 4 is 0 Å². The van der Waals surface area contributed by atoms with Gasteiger partial charge in [-0.3, -0.25) is 0 Å². The van der Waals surface area contributed by atoms with Gasteiger partial charge in [0, 0.05) is 19.5 Å². The molecule has 3 rings (SSSR count). The van der Waals surface area contributed by atoms with Crippen LogP contribution in [-0.2, 0) is 13.0 Å². The summed E-state index contributed by atoms with van der Waals surface area (Å²) in [5, 5.41) is 3.66. The molecule has 0 bridgehead atoms. The Morgan fingerprint density at radius 2 is 2.10 bits per heavy atom. The summed E-state index contributed by atoms with van der Waals surface area (Å²) in [6.07, 6.45) is 3.66. The number of likely N-dealkylation sites (tertiary alicyclic amines) is 1. The Bertz CT molecular complexity index is 464. The molecule has 0 aromatic heterocycles. The summed E-state index contributed by atoms with van der Waals surface area (Å²) in [5.74, 6) is 1.08. The lowest BCUT2D eigenvalue weighted by atomic mass is 9.80. The van der Waals surface area contributed by atoms with Crippen LogP contribution in [0, 0.1) is 5.41 Å². The molecule has 0 unspecified atom stereocenters. The number of fused-ring (bicyclic) bond motifs is 1. The van der Waals surface area contributed by atoms with E-state index in [1.807, 2.05) is 0 Å². The number of benzene rings is 1. The lowest BCUT2D eigenvalue weighted by molar-refractivity contribution is 0.137. The average molecular weight is 274 g/mol. The third-order valence-corrected chi connectivity index (χ3v) is 4.83. The van der Waals surface area contributed by atoms with Gasteiger partial charge >= 0.3 is 0 Å². The summed E-state index contributed by atoms with van der Waals surface area (Å²) < 4.78 is 5.55. The third-order valence-electron chi connectivity index (χ3n) is 4.83. The number of ether oxygens (including phenoxy) is 1. The first-order valence-electron chi connectivity index (χ1n) is 7.79. The lowest BCUT2D eigenvalue weighted by Crippen LogP contribution is -2.41. The Kier molecular flexibility index (Phi) is 3.99. The molecule has 20 heavy (non-hydrogen) atoms. The monoisotopic (exact) mass is 274 g/mol. The number of nitrogens with one attached hydrogen (secondary N) is 1. The maximum Gasteiger partial charge on any atom is 0.122 e. The van der Waals surface area contributed by atoms with Crippen LogP contribution in [0.25, 0.3) is 0 Å². The molecule has 110 valence electrons. The molecule has 3 nitrogen and oxygen atoms in total. The zero-order valence-corrected chi connectivity index (χ0v) is 12.7. The SMILES string of the molecule is CN1CCC(C)(CNCc2ccc3c(c2)CCO3)CC1. The maximum absolute atomic E-state index is 5.55. The highest BCUT2D eigenvalue weighted by molar-refractivity contribution is 5.39. The van der Waals surface area contributed by atoms with Crippen LogP contribution in [0.1, 0.15) is 30.9 Å². The van der Waals surface area contributed by atoms with Crippen molar-refractivity contribution in [1.82, 2.24) is 10.2 Å². The Labute approximate surface area is 122 Å². The third kappa shape index (κ3) is 3.15. The van der Waals surface area contributed by atoms with Gasteiger partial charge in [-0.2, -0.15) is 0 Å². The molecule has 1 aromatic rings. The molecule has 1 fully saturated rings. The van der Waals surface area contributed by atoms with E-state index in [-0.39, 0.29) is 0 Å². The van der Waals surface area contributed by atoms with E-state index >= 15 is 0 Å². The molecule has 0 aliphatic carbocycles. The van der Waals surface area contributed by atoms with Gasteiger partial charge in [0.15, 0.2) is 0 Å². The fourth-order valence-corrected chi connectivity index (χ4v) is 3.19. The summed E-state index contributed by atoms with van der Waals surface area (Å²) in [7, 11) is 2.22. The number of piperidine rings is 1. The van der Waals surface area contributed by atoms with Gasteiger partial charge < -0.3 is 15.0 Å². The van der Waals surface area contributed by atoms with E-state index < -0.39 is 0 Å². The Morgan fingerprint density at radius 1 is 1.30 bits per heavy atom. The zero-order chi connectivity index (χ0) is 14.0. The van der Waals surface area contributed by atoms with Crippen molar-refractivity contribution in [2.75, 3.05) is 33.3 Å². The molecule has 2 aliphatic heterocycles. The lowest BCUT2D eigenvalue weighted by Gasteiger charge is -2.38. The molecule has 1 aromatic carbocycles.